The van der Waals surface area contributed by atoms with Crippen molar-refractivity contribution in [3.05, 3.63) is 46.4 Å². The van der Waals surface area contributed by atoms with Crippen LogP contribution in [0.4, 0.5) is 0 Å². The van der Waals surface area contributed by atoms with E-state index in [4.69, 9.17) is 9.26 Å². The molecule has 28 heavy (non-hydrogen) atoms. The summed E-state index contributed by atoms with van der Waals surface area (Å²) >= 11 is 3.30. The molecule has 0 aliphatic carbocycles. The molecule has 0 radical (unpaired) electrons. The Morgan fingerprint density at radius 1 is 1.11 bits per heavy atom. The first-order valence-corrected chi connectivity index (χ1v) is 10.8. The second-order valence-corrected chi connectivity index (χ2v) is 8.44. The van der Waals surface area contributed by atoms with Crippen LogP contribution in [0.3, 0.4) is 0 Å². The molecule has 0 unspecified atom stereocenters. The number of benzene rings is 1. The van der Waals surface area contributed by atoms with Crippen molar-refractivity contribution in [1.82, 2.24) is 20.1 Å². The van der Waals surface area contributed by atoms with Gasteiger partial charge in [0.05, 0.1) is 17.9 Å². The average molecular weight is 413 g/mol. The molecule has 0 bridgehead atoms. The summed E-state index contributed by atoms with van der Waals surface area (Å²) in [5.41, 5.74) is 2.06. The number of fused-ring (bicyclic) bond motifs is 1. The van der Waals surface area contributed by atoms with Gasteiger partial charge in [-0.1, -0.05) is 29.1 Å². The molecule has 0 fully saturated rings. The predicted octanol–water partition coefficient (Wildman–Crippen LogP) is 5.36. The van der Waals surface area contributed by atoms with E-state index in [-0.39, 0.29) is 0 Å². The van der Waals surface area contributed by atoms with Crippen LogP contribution in [-0.2, 0) is 5.75 Å². The molecule has 8 heteroatoms. The van der Waals surface area contributed by atoms with Crippen molar-refractivity contribution in [2.75, 3.05) is 6.61 Å². The molecule has 4 rings (SSSR count). The monoisotopic (exact) mass is 412 g/mol. The number of ether oxygens (including phenoxy) is 1. The highest BCUT2D eigenvalue weighted by molar-refractivity contribution is 7.98. The lowest BCUT2D eigenvalue weighted by Crippen LogP contribution is -1.94. The van der Waals surface area contributed by atoms with Crippen molar-refractivity contribution >= 4 is 33.3 Å². The first kappa shape index (κ1) is 18.9. The van der Waals surface area contributed by atoms with Crippen molar-refractivity contribution in [3.63, 3.8) is 0 Å². The van der Waals surface area contributed by atoms with E-state index in [1.165, 1.54) is 10.4 Å². The zero-order valence-electron chi connectivity index (χ0n) is 16.1. The fourth-order valence-electron chi connectivity index (χ4n) is 2.90. The lowest BCUT2D eigenvalue weighted by molar-refractivity contribution is 0.341. The molecule has 3 aromatic heterocycles. The topological polar surface area (TPSA) is 73.9 Å². The molecule has 0 aliphatic rings. The van der Waals surface area contributed by atoms with Crippen LogP contribution in [0.15, 0.2) is 33.8 Å². The van der Waals surface area contributed by atoms with E-state index in [0.717, 1.165) is 32.4 Å². The summed E-state index contributed by atoms with van der Waals surface area (Å²) in [6.45, 7) is 8.69. The number of hydrogen-bond donors (Lipinski definition) is 0. The number of nitrogens with zero attached hydrogens (tertiary/aromatic N) is 4. The molecule has 0 saturated heterocycles. The third kappa shape index (κ3) is 3.62. The molecule has 0 N–H and O–H groups in total. The molecule has 6 nitrogen and oxygen atoms in total. The summed E-state index contributed by atoms with van der Waals surface area (Å²) in [7, 11) is 0. The number of rotatable bonds is 6. The Bertz CT molecular complexity index is 1140. The maximum atomic E-state index is 5.66. The Kier molecular flexibility index (Phi) is 5.32. The number of para-hydroxylation sites is 1. The molecular formula is C20H20N4O2S2. The highest BCUT2D eigenvalue weighted by atomic mass is 32.2. The minimum Gasteiger partial charge on any atom is -0.493 e. The van der Waals surface area contributed by atoms with E-state index < -0.39 is 0 Å². The maximum Gasteiger partial charge on any atom is 0.237 e. The van der Waals surface area contributed by atoms with Gasteiger partial charge in [0.2, 0.25) is 11.7 Å². The lowest BCUT2D eigenvalue weighted by atomic mass is 10.2. The summed E-state index contributed by atoms with van der Waals surface area (Å²) in [6, 6.07) is 7.71. The van der Waals surface area contributed by atoms with E-state index in [1.807, 2.05) is 38.1 Å². The van der Waals surface area contributed by atoms with Crippen LogP contribution in [0.2, 0.25) is 0 Å². The quantitative estimate of drug-likeness (QED) is 0.312. The first-order valence-electron chi connectivity index (χ1n) is 8.98. The third-order valence-corrected chi connectivity index (χ3v) is 6.40. The minimum absolute atomic E-state index is 0.534. The van der Waals surface area contributed by atoms with Crippen molar-refractivity contribution in [2.24, 2.45) is 0 Å². The molecule has 4 aromatic rings. The predicted molar refractivity (Wildman–Crippen MR) is 112 cm³/mol. The van der Waals surface area contributed by atoms with Crippen LogP contribution < -0.4 is 4.74 Å². The summed E-state index contributed by atoms with van der Waals surface area (Å²) in [6.07, 6.45) is 0. The van der Waals surface area contributed by atoms with Crippen molar-refractivity contribution < 1.29 is 9.26 Å². The summed E-state index contributed by atoms with van der Waals surface area (Å²) < 4.78 is 11.1. The van der Waals surface area contributed by atoms with E-state index in [9.17, 15) is 0 Å². The van der Waals surface area contributed by atoms with Crippen LogP contribution in [0.1, 0.15) is 29.1 Å². The van der Waals surface area contributed by atoms with Crippen molar-refractivity contribution in [2.45, 2.75) is 38.5 Å². The molecular weight excluding hydrogens is 392 g/mol. The van der Waals surface area contributed by atoms with Crippen LogP contribution in [0.5, 0.6) is 5.75 Å². The van der Waals surface area contributed by atoms with Crippen LogP contribution >= 0.6 is 23.1 Å². The summed E-state index contributed by atoms with van der Waals surface area (Å²) in [5, 5.41) is 6.21. The van der Waals surface area contributed by atoms with Crippen molar-refractivity contribution in [1.29, 1.82) is 0 Å². The van der Waals surface area contributed by atoms with Gasteiger partial charge in [0, 0.05) is 10.3 Å². The van der Waals surface area contributed by atoms with Crippen LogP contribution in [-0.4, -0.2) is 26.7 Å². The smallest absolute Gasteiger partial charge is 0.237 e. The Morgan fingerprint density at radius 3 is 2.75 bits per heavy atom. The van der Waals surface area contributed by atoms with E-state index in [2.05, 4.69) is 34.0 Å². The second-order valence-electron chi connectivity index (χ2n) is 6.27. The number of hydrogen-bond acceptors (Lipinski definition) is 8. The van der Waals surface area contributed by atoms with Gasteiger partial charge < -0.3 is 9.26 Å². The summed E-state index contributed by atoms with van der Waals surface area (Å²) in [4.78, 5) is 16.1. The second kappa shape index (κ2) is 7.89. The minimum atomic E-state index is 0.534. The molecule has 0 aliphatic heterocycles. The zero-order valence-corrected chi connectivity index (χ0v) is 17.8. The van der Waals surface area contributed by atoms with Crippen molar-refractivity contribution in [3.8, 4) is 17.1 Å². The van der Waals surface area contributed by atoms with Gasteiger partial charge in [-0.2, -0.15) is 4.98 Å². The average Bonchev–Trinajstić information content (AvgIpc) is 3.25. The lowest BCUT2D eigenvalue weighted by Gasteiger charge is -2.06. The molecule has 0 spiro atoms. The van der Waals surface area contributed by atoms with Crippen LogP contribution in [0.25, 0.3) is 21.6 Å². The highest BCUT2D eigenvalue weighted by Gasteiger charge is 2.17. The number of thioether (sulfide) groups is 1. The summed E-state index contributed by atoms with van der Waals surface area (Å²) in [5.74, 6) is 3.16. The Labute approximate surface area is 171 Å². The van der Waals surface area contributed by atoms with Gasteiger partial charge in [-0.05, 0) is 45.4 Å². The van der Waals surface area contributed by atoms with Gasteiger partial charge in [-0.15, -0.1) is 11.3 Å². The van der Waals surface area contributed by atoms with Gasteiger partial charge in [-0.25, -0.2) is 9.97 Å². The number of thiophene rings is 1. The SMILES string of the molecule is CCOc1ccccc1-c1noc(CSc2nc(C)nc3sc(C)c(C)c23)n1. The standard InChI is InChI=1S/C20H20N4O2S2/c1-5-25-15-9-7-6-8-14(15)18-23-16(26-24-18)10-27-19-17-11(2)12(3)28-20(17)22-13(4)21-19/h6-9H,5,10H2,1-4H3. The zero-order chi connectivity index (χ0) is 19.7. The molecule has 0 saturated carbocycles. The maximum absolute atomic E-state index is 5.66. The van der Waals surface area contributed by atoms with Gasteiger partial charge in [0.1, 0.15) is 21.4 Å². The van der Waals surface area contributed by atoms with E-state index in [0.29, 0.717) is 24.1 Å². The van der Waals surface area contributed by atoms with E-state index >= 15 is 0 Å². The molecule has 144 valence electrons. The fraction of sp³-hybridized carbons (Fsp3) is 0.300. The Hall–Kier alpha value is -2.45. The largest absolute Gasteiger partial charge is 0.493 e. The third-order valence-electron chi connectivity index (χ3n) is 4.34. The van der Waals surface area contributed by atoms with Gasteiger partial charge in [-0.3, -0.25) is 0 Å². The first-order chi connectivity index (χ1) is 13.6. The normalized spacial score (nSPS) is 11.3. The molecule has 1 aromatic carbocycles. The van der Waals surface area contributed by atoms with E-state index in [1.54, 1.807) is 23.1 Å². The van der Waals surface area contributed by atoms with Gasteiger partial charge >= 0.3 is 0 Å². The Balaban J connectivity index is 1.59. The number of aryl methyl sites for hydroxylation is 3. The molecule has 3 heterocycles. The van der Waals surface area contributed by atoms with Crippen LogP contribution in [0, 0.1) is 20.8 Å². The fourth-order valence-corrected chi connectivity index (χ4v) is 5.01. The van der Waals surface area contributed by atoms with Gasteiger partial charge in [0.15, 0.2) is 0 Å². The highest BCUT2D eigenvalue weighted by Crippen LogP contribution is 2.36. The number of aromatic nitrogens is 4. The Morgan fingerprint density at radius 2 is 1.93 bits per heavy atom. The molecule has 0 amide bonds. The molecule has 0 atom stereocenters. The van der Waals surface area contributed by atoms with Gasteiger partial charge in [0.25, 0.3) is 0 Å².